The quantitative estimate of drug-likeness (QED) is 0.827. The van der Waals surface area contributed by atoms with Crippen LogP contribution in [0.3, 0.4) is 0 Å². The molecule has 0 saturated heterocycles. The first kappa shape index (κ1) is 16.3. The van der Waals surface area contributed by atoms with E-state index in [1.165, 1.54) is 25.0 Å². The summed E-state index contributed by atoms with van der Waals surface area (Å²) in [5.74, 6) is 0.290. The van der Waals surface area contributed by atoms with Crippen LogP contribution in [0.1, 0.15) is 51.6 Å². The van der Waals surface area contributed by atoms with E-state index in [2.05, 4.69) is 21.2 Å². The van der Waals surface area contributed by atoms with Crippen LogP contribution in [0.4, 0.5) is 9.18 Å². The van der Waals surface area contributed by atoms with Gasteiger partial charge in [-0.15, -0.1) is 0 Å². The van der Waals surface area contributed by atoms with Crippen molar-refractivity contribution in [1.29, 1.82) is 0 Å². The summed E-state index contributed by atoms with van der Waals surface area (Å²) in [5.41, 5.74) is 0.219. The van der Waals surface area contributed by atoms with Gasteiger partial charge >= 0.3 is 6.09 Å². The lowest BCUT2D eigenvalue weighted by molar-refractivity contribution is 0.0499. The second kappa shape index (κ2) is 6.34. The molecule has 0 aromatic heterocycles. The summed E-state index contributed by atoms with van der Waals surface area (Å²) in [6, 6.07) is 4.49. The molecule has 5 heteroatoms. The number of amides is 1. The smallest absolute Gasteiger partial charge is 0.408 e. The summed E-state index contributed by atoms with van der Waals surface area (Å²) in [5, 5.41) is 2.87. The highest BCUT2D eigenvalue weighted by Gasteiger charge is 2.29. The molecule has 0 heterocycles. The van der Waals surface area contributed by atoms with Crippen LogP contribution in [0, 0.1) is 11.7 Å². The number of rotatable bonds is 4. The standard InChI is InChI=1S/C16H21BrFNO2/c1-16(2,3)21-15(20)19-14(6-10-4-5-10)11-7-12(17)9-13(18)8-11/h7-10,14H,4-6H2,1-3H3,(H,19,20). The molecule has 1 aliphatic rings. The number of nitrogens with one attached hydrogen (secondary N) is 1. The van der Waals surface area contributed by atoms with E-state index >= 15 is 0 Å². The van der Waals surface area contributed by atoms with Gasteiger partial charge in [0, 0.05) is 4.47 Å². The van der Waals surface area contributed by atoms with E-state index in [9.17, 15) is 9.18 Å². The van der Waals surface area contributed by atoms with Gasteiger partial charge < -0.3 is 10.1 Å². The molecule has 1 aromatic carbocycles. The fourth-order valence-corrected chi connectivity index (χ4v) is 2.67. The molecule has 0 radical (unpaired) electrons. The maximum absolute atomic E-state index is 13.6. The van der Waals surface area contributed by atoms with E-state index in [0.29, 0.717) is 10.4 Å². The number of hydrogen-bond donors (Lipinski definition) is 1. The van der Waals surface area contributed by atoms with Crippen molar-refractivity contribution in [1.82, 2.24) is 5.32 Å². The predicted molar refractivity (Wildman–Crippen MR) is 83.6 cm³/mol. The Morgan fingerprint density at radius 2 is 2.10 bits per heavy atom. The van der Waals surface area contributed by atoms with Crippen molar-refractivity contribution in [3.8, 4) is 0 Å². The average Bonchev–Trinajstić information content (AvgIpc) is 3.08. The van der Waals surface area contributed by atoms with E-state index in [0.717, 1.165) is 12.0 Å². The molecule has 0 aliphatic heterocycles. The van der Waals surface area contributed by atoms with Gasteiger partial charge in [0.05, 0.1) is 6.04 Å². The lowest BCUT2D eigenvalue weighted by atomic mass is 10.0. The largest absolute Gasteiger partial charge is 0.444 e. The Kier molecular flexibility index (Phi) is 4.91. The molecular weight excluding hydrogens is 337 g/mol. The summed E-state index contributed by atoms with van der Waals surface area (Å²) in [7, 11) is 0. The molecule has 21 heavy (non-hydrogen) atoms. The van der Waals surface area contributed by atoms with Crippen molar-refractivity contribution in [2.24, 2.45) is 5.92 Å². The van der Waals surface area contributed by atoms with Crippen LogP contribution in [0.25, 0.3) is 0 Å². The van der Waals surface area contributed by atoms with E-state index in [1.807, 2.05) is 26.8 Å². The van der Waals surface area contributed by atoms with Crippen molar-refractivity contribution in [3.63, 3.8) is 0 Å². The van der Waals surface area contributed by atoms with Crippen molar-refractivity contribution < 1.29 is 13.9 Å². The first-order valence-electron chi connectivity index (χ1n) is 7.18. The van der Waals surface area contributed by atoms with E-state index in [4.69, 9.17) is 4.74 Å². The summed E-state index contributed by atoms with van der Waals surface area (Å²) >= 11 is 3.29. The zero-order valence-electron chi connectivity index (χ0n) is 12.6. The van der Waals surface area contributed by atoms with Gasteiger partial charge in [0.1, 0.15) is 11.4 Å². The van der Waals surface area contributed by atoms with Gasteiger partial charge in [-0.3, -0.25) is 0 Å². The van der Waals surface area contributed by atoms with Gasteiger partial charge in [-0.2, -0.15) is 0 Å². The molecule has 3 nitrogen and oxygen atoms in total. The zero-order valence-corrected chi connectivity index (χ0v) is 14.2. The minimum absolute atomic E-state index is 0.223. The van der Waals surface area contributed by atoms with Crippen molar-refractivity contribution in [2.45, 2.75) is 51.7 Å². The molecule has 1 saturated carbocycles. The van der Waals surface area contributed by atoms with Crippen molar-refractivity contribution in [3.05, 3.63) is 34.1 Å². The van der Waals surface area contributed by atoms with Crippen LogP contribution in [-0.4, -0.2) is 11.7 Å². The van der Waals surface area contributed by atoms with Gasteiger partial charge in [0.25, 0.3) is 0 Å². The average molecular weight is 358 g/mol. The first-order valence-corrected chi connectivity index (χ1v) is 7.98. The molecule has 1 aliphatic carbocycles. The van der Waals surface area contributed by atoms with Gasteiger partial charge in [-0.25, -0.2) is 9.18 Å². The molecular formula is C16H21BrFNO2. The van der Waals surface area contributed by atoms with Crippen LogP contribution in [0.2, 0.25) is 0 Å². The fourth-order valence-electron chi connectivity index (χ4n) is 2.19. The number of hydrogen-bond acceptors (Lipinski definition) is 2. The molecule has 2 rings (SSSR count). The Morgan fingerprint density at radius 3 is 2.62 bits per heavy atom. The maximum atomic E-state index is 13.6. The van der Waals surface area contributed by atoms with Gasteiger partial charge in [0.2, 0.25) is 0 Å². The Hall–Kier alpha value is -1.10. The third-order valence-electron chi connectivity index (χ3n) is 3.24. The highest BCUT2D eigenvalue weighted by molar-refractivity contribution is 9.10. The van der Waals surface area contributed by atoms with Crippen molar-refractivity contribution >= 4 is 22.0 Å². The van der Waals surface area contributed by atoms with E-state index in [-0.39, 0.29) is 11.9 Å². The first-order chi connectivity index (χ1) is 9.73. The van der Waals surface area contributed by atoms with E-state index < -0.39 is 11.7 Å². The number of alkyl carbamates (subject to hydrolysis) is 1. The normalized spacial score (nSPS) is 16.4. The monoisotopic (exact) mass is 357 g/mol. The number of benzene rings is 1. The molecule has 0 spiro atoms. The van der Waals surface area contributed by atoms with Gasteiger partial charge in [0.15, 0.2) is 0 Å². The Labute approximate surface area is 133 Å². The molecule has 1 atom stereocenters. The topological polar surface area (TPSA) is 38.3 Å². The Balaban J connectivity index is 2.11. The lowest BCUT2D eigenvalue weighted by Gasteiger charge is -2.24. The fraction of sp³-hybridized carbons (Fsp3) is 0.562. The SMILES string of the molecule is CC(C)(C)OC(=O)NC(CC1CC1)c1cc(F)cc(Br)c1. The van der Waals surface area contributed by atoms with Gasteiger partial charge in [-0.05, 0) is 56.9 Å². The second-order valence-electron chi connectivity index (χ2n) is 6.58. The Morgan fingerprint density at radius 1 is 1.43 bits per heavy atom. The minimum Gasteiger partial charge on any atom is -0.444 e. The molecule has 0 bridgehead atoms. The van der Waals surface area contributed by atoms with Gasteiger partial charge in [-0.1, -0.05) is 28.8 Å². The lowest BCUT2D eigenvalue weighted by Crippen LogP contribution is -2.35. The summed E-state index contributed by atoms with van der Waals surface area (Å²) in [6.07, 6.45) is 2.69. The molecule has 1 amide bonds. The van der Waals surface area contributed by atoms with Crippen LogP contribution >= 0.6 is 15.9 Å². The summed E-state index contributed by atoms with van der Waals surface area (Å²) in [6.45, 7) is 5.46. The zero-order chi connectivity index (χ0) is 15.6. The Bertz CT molecular complexity index is 503. The number of carbonyl (C=O) groups excluding carboxylic acids is 1. The molecule has 1 fully saturated rings. The molecule has 116 valence electrons. The number of carbonyl (C=O) groups is 1. The predicted octanol–water partition coefficient (Wildman–Crippen LogP) is 4.95. The number of halogens is 2. The second-order valence-corrected chi connectivity index (χ2v) is 7.50. The van der Waals surface area contributed by atoms with Crippen LogP contribution in [-0.2, 0) is 4.74 Å². The maximum Gasteiger partial charge on any atom is 0.408 e. The molecule has 1 aromatic rings. The summed E-state index contributed by atoms with van der Waals surface area (Å²) < 4.78 is 19.5. The third kappa shape index (κ3) is 5.65. The minimum atomic E-state index is -0.545. The highest BCUT2D eigenvalue weighted by Crippen LogP contribution is 2.38. The summed E-state index contributed by atoms with van der Waals surface area (Å²) in [4.78, 5) is 12.0. The highest BCUT2D eigenvalue weighted by atomic mass is 79.9. The molecule has 1 N–H and O–H groups in total. The third-order valence-corrected chi connectivity index (χ3v) is 3.70. The van der Waals surface area contributed by atoms with Crippen molar-refractivity contribution in [2.75, 3.05) is 0 Å². The van der Waals surface area contributed by atoms with E-state index in [1.54, 1.807) is 0 Å². The molecule has 1 unspecified atom stereocenters. The number of ether oxygens (including phenoxy) is 1. The van der Waals surface area contributed by atoms with Crippen LogP contribution in [0.5, 0.6) is 0 Å². The van der Waals surface area contributed by atoms with Crippen LogP contribution < -0.4 is 5.32 Å². The van der Waals surface area contributed by atoms with Crippen LogP contribution in [0.15, 0.2) is 22.7 Å².